The Morgan fingerprint density at radius 2 is 1.56 bits per heavy atom. The molecule has 7 nitrogen and oxygen atoms in total. The molecule has 0 spiro atoms. The minimum Gasteiger partial charge on any atom is -0.493 e. The molecule has 0 aliphatic carbocycles. The molecular weight excluding hydrogens is 432 g/mol. The Labute approximate surface area is 198 Å². The van der Waals surface area contributed by atoms with Gasteiger partial charge in [-0.1, -0.05) is 48.5 Å². The van der Waals surface area contributed by atoms with Gasteiger partial charge in [0.05, 0.1) is 37.3 Å². The molecule has 1 atom stereocenters. The molecule has 1 aliphatic rings. The molecule has 1 heterocycles. The summed E-state index contributed by atoms with van der Waals surface area (Å²) in [6.45, 7) is 2.61. The molecule has 174 valence electrons. The Kier molecular flexibility index (Phi) is 6.92. The molecule has 0 saturated carbocycles. The zero-order valence-corrected chi connectivity index (χ0v) is 19.1. The summed E-state index contributed by atoms with van der Waals surface area (Å²) in [5, 5.41) is 2.89. The molecule has 34 heavy (non-hydrogen) atoms. The first kappa shape index (κ1) is 23.0. The highest BCUT2D eigenvalue weighted by atomic mass is 16.5. The second kappa shape index (κ2) is 10.2. The molecule has 0 radical (unpaired) electrons. The third-order valence-corrected chi connectivity index (χ3v) is 5.72. The van der Waals surface area contributed by atoms with E-state index in [1.807, 2.05) is 37.3 Å². The first-order valence-electron chi connectivity index (χ1n) is 11.1. The fraction of sp³-hybridized carbons (Fsp3) is 0.222. The standard InChI is InChI=1S/C27H26N2O5/c1-3-34-24-15-19(13-14-23(24)33-2)22(16-25(30)28-17-18-9-5-4-6-10-18)29-26(31)20-11-7-8-12-21(20)27(29)32/h4-15,22H,3,16-17H2,1-2H3,(H,28,30). The normalized spacial score (nSPS) is 13.4. The summed E-state index contributed by atoms with van der Waals surface area (Å²) >= 11 is 0. The lowest BCUT2D eigenvalue weighted by Gasteiger charge is -2.27. The number of hydrogen-bond acceptors (Lipinski definition) is 5. The third-order valence-electron chi connectivity index (χ3n) is 5.72. The van der Waals surface area contributed by atoms with Gasteiger partial charge in [0.15, 0.2) is 11.5 Å². The van der Waals surface area contributed by atoms with Crippen LogP contribution in [0.5, 0.6) is 11.5 Å². The number of carbonyl (C=O) groups is 3. The van der Waals surface area contributed by atoms with E-state index in [-0.39, 0.29) is 12.3 Å². The lowest BCUT2D eigenvalue weighted by Crippen LogP contribution is -2.37. The minimum absolute atomic E-state index is 0.0871. The van der Waals surface area contributed by atoms with Crippen LogP contribution >= 0.6 is 0 Å². The summed E-state index contributed by atoms with van der Waals surface area (Å²) in [5.74, 6) is -0.112. The zero-order chi connectivity index (χ0) is 24.1. The highest BCUT2D eigenvalue weighted by Crippen LogP contribution is 2.37. The van der Waals surface area contributed by atoms with Crippen LogP contribution in [0, 0.1) is 0 Å². The van der Waals surface area contributed by atoms with Crippen molar-refractivity contribution in [2.24, 2.45) is 0 Å². The molecule has 3 amide bonds. The van der Waals surface area contributed by atoms with Crippen molar-refractivity contribution in [2.45, 2.75) is 25.9 Å². The summed E-state index contributed by atoms with van der Waals surface area (Å²) in [6.07, 6.45) is -0.0871. The molecule has 1 unspecified atom stereocenters. The van der Waals surface area contributed by atoms with E-state index in [9.17, 15) is 14.4 Å². The summed E-state index contributed by atoms with van der Waals surface area (Å²) < 4.78 is 11.1. The smallest absolute Gasteiger partial charge is 0.262 e. The van der Waals surface area contributed by atoms with Gasteiger partial charge in [-0.15, -0.1) is 0 Å². The summed E-state index contributed by atoms with van der Waals surface area (Å²) in [6, 6.07) is 20.6. The number of fused-ring (bicyclic) bond motifs is 1. The van der Waals surface area contributed by atoms with Gasteiger partial charge in [-0.25, -0.2) is 0 Å². The highest BCUT2D eigenvalue weighted by Gasteiger charge is 2.41. The maximum Gasteiger partial charge on any atom is 0.262 e. The lowest BCUT2D eigenvalue weighted by molar-refractivity contribution is -0.122. The van der Waals surface area contributed by atoms with Gasteiger partial charge < -0.3 is 14.8 Å². The van der Waals surface area contributed by atoms with Crippen LogP contribution in [-0.2, 0) is 11.3 Å². The van der Waals surface area contributed by atoms with Gasteiger partial charge in [0, 0.05) is 6.54 Å². The monoisotopic (exact) mass is 458 g/mol. The van der Waals surface area contributed by atoms with Crippen LogP contribution in [0.25, 0.3) is 0 Å². The molecule has 1 aliphatic heterocycles. The van der Waals surface area contributed by atoms with Crippen molar-refractivity contribution < 1.29 is 23.9 Å². The molecule has 3 aromatic carbocycles. The van der Waals surface area contributed by atoms with E-state index < -0.39 is 17.9 Å². The number of ether oxygens (including phenoxy) is 2. The van der Waals surface area contributed by atoms with E-state index in [0.29, 0.717) is 41.3 Å². The largest absolute Gasteiger partial charge is 0.493 e. The summed E-state index contributed by atoms with van der Waals surface area (Å²) in [5.41, 5.74) is 2.23. The van der Waals surface area contributed by atoms with Gasteiger partial charge in [0.25, 0.3) is 11.8 Å². The van der Waals surface area contributed by atoms with Crippen molar-refractivity contribution in [1.29, 1.82) is 0 Å². The van der Waals surface area contributed by atoms with Crippen LogP contribution in [0.1, 0.15) is 51.2 Å². The van der Waals surface area contributed by atoms with Crippen molar-refractivity contribution in [3.63, 3.8) is 0 Å². The summed E-state index contributed by atoms with van der Waals surface area (Å²) in [4.78, 5) is 40.6. The number of methoxy groups -OCH3 is 1. The van der Waals surface area contributed by atoms with E-state index in [1.54, 1.807) is 42.5 Å². The molecule has 7 heteroatoms. The molecule has 3 aromatic rings. The molecule has 0 fully saturated rings. The third kappa shape index (κ3) is 4.64. The van der Waals surface area contributed by atoms with Crippen LogP contribution in [0.3, 0.4) is 0 Å². The molecule has 4 rings (SSSR count). The first-order valence-corrected chi connectivity index (χ1v) is 11.1. The van der Waals surface area contributed by atoms with Crippen molar-refractivity contribution in [3.8, 4) is 11.5 Å². The quantitative estimate of drug-likeness (QED) is 0.487. The van der Waals surface area contributed by atoms with Gasteiger partial charge >= 0.3 is 0 Å². The summed E-state index contributed by atoms with van der Waals surface area (Å²) in [7, 11) is 1.54. The Morgan fingerprint density at radius 3 is 2.18 bits per heavy atom. The molecule has 0 saturated heterocycles. The van der Waals surface area contributed by atoms with Crippen LogP contribution in [0.15, 0.2) is 72.8 Å². The van der Waals surface area contributed by atoms with Gasteiger partial charge in [0.1, 0.15) is 0 Å². The van der Waals surface area contributed by atoms with E-state index >= 15 is 0 Å². The second-order valence-corrected chi connectivity index (χ2v) is 7.85. The van der Waals surface area contributed by atoms with Crippen molar-refractivity contribution >= 4 is 17.7 Å². The number of amides is 3. The Hall–Kier alpha value is -4.13. The number of hydrogen-bond donors (Lipinski definition) is 1. The Balaban J connectivity index is 1.66. The number of imide groups is 1. The Bertz CT molecular complexity index is 1170. The van der Waals surface area contributed by atoms with E-state index in [1.165, 1.54) is 12.0 Å². The van der Waals surface area contributed by atoms with Crippen LogP contribution in [0.2, 0.25) is 0 Å². The van der Waals surface area contributed by atoms with E-state index in [2.05, 4.69) is 5.32 Å². The molecule has 0 aromatic heterocycles. The van der Waals surface area contributed by atoms with Gasteiger partial charge in [-0.2, -0.15) is 0 Å². The van der Waals surface area contributed by atoms with Crippen LogP contribution in [0.4, 0.5) is 0 Å². The highest BCUT2D eigenvalue weighted by molar-refractivity contribution is 6.21. The number of carbonyl (C=O) groups excluding carboxylic acids is 3. The Morgan fingerprint density at radius 1 is 0.912 bits per heavy atom. The number of nitrogens with one attached hydrogen (secondary N) is 1. The molecule has 1 N–H and O–H groups in total. The topological polar surface area (TPSA) is 84.9 Å². The van der Waals surface area contributed by atoms with Gasteiger partial charge in [-0.05, 0) is 42.3 Å². The first-order chi connectivity index (χ1) is 16.5. The van der Waals surface area contributed by atoms with Gasteiger partial charge in [-0.3, -0.25) is 19.3 Å². The average Bonchev–Trinajstić information content (AvgIpc) is 3.12. The second-order valence-electron chi connectivity index (χ2n) is 7.85. The maximum absolute atomic E-state index is 13.2. The fourth-order valence-electron chi connectivity index (χ4n) is 4.06. The number of nitrogens with zero attached hydrogens (tertiary/aromatic N) is 1. The lowest BCUT2D eigenvalue weighted by atomic mass is 10.0. The van der Waals surface area contributed by atoms with Gasteiger partial charge in [0.2, 0.25) is 5.91 Å². The number of benzene rings is 3. The zero-order valence-electron chi connectivity index (χ0n) is 19.1. The van der Waals surface area contributed by atoms with Crippen LogP contribution < -0.4 is 14.8 Å². The average molecular weight is 459 g/mol. The molecular formula is C27H26N2O5. The SMILES string of the molecule is CCOc1cc(C(CC(=O)NCc2ccccc2)N2C(=O)c3ccccc3C2=O)ccc1OC. The van der Waals surface area contributed by atoms with Crippen molar-refractivity contribution in [2.75, 3.05) is 13.7 Å². The van der Waals surface area contributed by atoms with Crippen molar-refractivity contribution in [1.82, 2.24) is 10.2 Å². The fourth-order valence-corrected chi connectivity index (χ4v) is 4.06. The predicted molar refractivity (Wildman–Crippen MR) is 127 cm³/mol. The minimum atomic E-state index is -0.812. The maximum atomic E-state index is 13.2. The van der Waals surface area contributed by atoms with E-state index in [4.69, 9.17) is 9.47 Å². The number of rotatable bonds is 9. The van der Waals surface area contributed by atoms with Crippen LogP contribution in [-0.4, -0.2) is 36.3 Å². The molecule has 0 bridgehead atoms. The van der Waals surface area contributed by atoms with Crippen molar-refractivity contribution in [3.05, 3.63) is 95.1 Å². The predicted octanol–water partition coefficient (Wildman–Crippen LogP) is 4.14. The van der Waals surface area contributed by atoms with E-state index in [0.717, 1.165) is 5.56 Å².